The molecule has 0 radical (unpaired) electrons. The second kappa shape index (κ2) is 4.53. The summed E-state index contributed by atoms with van der Waals surface area (Å²) in [7, 11) is 0. The number of fused-ring (bicyclic) bond motifs is 1. The average molecular weight is 242 g/mol. The van der Waals surface area contributed by atoms with Crippen molar-refractivity contribution in [3.63, 3.8) is 0 Å². The van der Waals surface area contributed by atoms with E-state index < -0.39 is 11.5 Å². The molecule has 0 fully saturated rings. The van der Waals surface area contributed by atoms with Gasteiger partial charge in [0.1, 0.15) is 6.07 Å². The molecule has 0 amide bonds. The first-order valence-corrected chi connectivity index (χ1v) is 5.76. The summed E-state index contributed by atoms with van der Waals surface area (Å²) in [6.45, 7) is 3.51. The van der Waals surface area contributed by atoms with Crippen LogP contribution in [0.15, 0.2) is 30.3 Å². The number of carbonyl (C=O) groups is 1. The Labute approximate surface area is 106 Å². The van der Waals surface area contributed by atoms with E-state index in [2.05, 4.69) is 5.32 Å². The van der Waals surface area contributed by atoms with Crippen LogP contribution in [0.4, 0.5) is 5.69 Å². The number of para-hydroxylation sites is 1. The Morgan fingerprint density at radius 2 is 2.17 bits per heavy atom. The molecule has 0 bridgehead atoms. The highest BCUT2D eigenvalue weighted by molar-refractivity contribution is 5.95. The molecule has 1 heterocycles. The lowest BCUT2D eigenvalue weighted by atomic mass is 9.94. The van der Waals surface area contributed by atoms with Gasteiger partial charge in [0.2, 0.25) is 5.54 Å². The number of nitrogens with zero attached hydrogens (tertiary/aromatic N) is 1. The Hall–Kier alpha value is -2.28. The van der Waals surface area contributed by atoms with Crippen LogP contribution in [0.2, 0.25) is 0 Å². The van der Waals surface area contributed by atoms with Crippen molar-refractivity contribution in [2.24, 2.45) is 0 Å². The number of hydrogen-bond acceptors (Lipinski definition) is 4. The first kappa shape index (κ1) is 12.2. The number of carbonyl (C=O) groups excluding carboxylic acids is 1. The third kappa shape index (κ3) is 2.07. The molecule has 1 aliphatic heterocycles. The number of anilines is 1. The van der Waals surface area contributed by atoms with Gasteiger partial charge in [-0.2, -0.15) is 5.26 Å². The molecule has 4 nitrogen and oxygen atoms in total. The minimum atomic E-state index is -1.43. The van der Waals surface area contributed by atoms with Crippen molar-refractivity contribution in [2.45, 2.75) is 25.5 Å². The zero-order valence-corrected chi connectivity index (χ0v) is 10.3. The Morgan fingerprint density at radius 1 is 1.44 bits per heavy atom. The summed E-state index contributed by atoms with van der Waals surface area (Å²) in [5, 5.41) is 12.2. The first-order chi connectivity index (χ1) is 8.57. The summed E-state index contributed by atoms with van der Waals surface area (Å²) in [5.41, 5.74) is 0.265. The van der Waals surface area contributed by atoms with Gasteiger partial charge in [0.15, 0.2) is 0 Å². The van der Waals surface area contributed by atoms with Crippen molar-refractivity contribution in [1.29, 1.82) is 5.26 Å². The maximum atomic E-state index is 12.0. The van der Waals surface area contributed by atoms with E-state index in [-0.39, 0.29) is 6.10 Å². The molecular formula is C14H14N2O2. The fourth-order valence-corrected chi connectivity index (χ4v) is 1.76. The van der Waals surface area contributed by atoms with E-state index in [0.717, 1.165) is 11.3 Å². The largest absolute Gasteiger partial charge is 0.460 e. The maximum Gasteiger partial charge on any atom is 0.351 e. The topological polar surface area (TPSA) is 62.1 Å². The highest BCUT2D eigenvalue weighted by Gasteiger charge is 2.40. The fraction of sp³-hybridized carbons (Fsp3) is 0.286. The number of esters is 1. The average Bonchev–Trinajstić information content (AvgIpc) is 2.37. The van der Waals surface area contributed by atoms with Crippen LogP contribution in [0.1, 0.15) is 19.4 Å². The molecule has 2 rings (SSSR count). The summed E-state index contributed by atoms with van der Waals surface area (Å²) < 4.78 is 5.12. The van der Waals surface area contributed by atoms with Crippen molar-refractivity contribution in [1.82, 2.24) is 0 Å². The van der Waals surface area contributed by atoms with Gasteiger partial charge in [-0.05, 0) is 31.6 Å². The van der Waals surface area contributed by atoms with E-state index in [1.165, 1.54) is 0 Å². The van der Waals surface area contributed by atoms with Crippen LogP contribution in [0, 0.1) is 11.3 Å². The monoisotopic (exact) mass is 242 g/mol. The molecule has 1 N–H and O–H groups in total. The summed E-state index contributed by atoms with van der Waals surface area (Å²) in [6.07, 6.45) is 3.05. The molecular weight excluding hydrogens is 228 g/mol. The van der Waals surface area contributed by atoms with Crippen LogP contribution >= 0.6 is 0 Å². The number of rotatable bonds is 2. The quantitative estimate of drug-likeness (QED) is 0.808. The second-order valence-corrected chi connectivity index (χ2v) is 4.42. The summed E-state index contributed by atoms with van der Waals surface area (Å²) >= 11 is 0. The summed E-state index contributed by atoms with van der Waals surface area (Å²) in [4.78, 5) is 12.0. The number of hydrogen-bond donors (Lipinski definition) is 1. The predicted molar refractivity (Wildman–Crippen MR) is 68.7 cm³/mol. The molecule has 0 spiro atoms. The van der Waals surface area contributed by atoms with E-state index in [1.807, 2.05) is 30.3 Å². The van der Waals surface area contributed by atoms with E-state index >= 15 is 0 Å². The molecule has 0 aliphatic carbocycles. The van der Waals surface area contributed by atoms with E-state index in [0.29, 0.717) is 0 Å². The van der Waals surface area contributed by atoms with Gasteiger partial charge in [-0.3, -0.25) is 0 Å². The van der Waals surface area contributed by atoms with Crippen molar-refractivity contribution < 1.29 is 9.53 Å². The van der Waals surface area contributed by atoms with Gasteiger partial charge in [-0.1, -0.05) is 24.3 Å². The zero-order valence-electron chi connectivity index (χ0n) is 10.3. The third-order valence-corrected chi connectivity index (χ3v) is 2.65. The van der Waals surface area contributed by atoms with Crippen molar-refractivity contribution >= 4 is 17.7 Å². The van der Waals surface area contributed by atoms with Gasteiger partial charge in [-0.15, -0.1) is 0 Å². The smallest absolute Gasteiger partial charge is 0.351 e. The number of nitrogens with one attached hydrogen (secondary N) is 1. The van der Waals surface area contributed by atoms with Crippen LogP contribution in [-0.2, 0) is 9.53 Å². The minimum Gasteiger partial charge on any atom is -0.460 e. The second-order valence-electron chi connectivity index (χ2n) is 4.42. The van der Waals surface area contributed by atoms with Crippen LogP contribution in [-0.4, -0.2) is 17.6 Å². The molecule has 1 aliphatic rings. The number of nitriles is 1. The lowest BCUT2D eigenvalue weighted by Gasteiger charge is -2.28. The Balaban J connectivity index is 2.34. The van der Waals surface area contributed by atoms with Crippen LogP contribution in [0.3, 0.4) is 0 Å². The number of benzene rings is 1. The third-order valence-electron chi connectivity index (χ3n) is 2.65. The van der Waals surface area contributed by atoms with Crippen molar-refractivity contribution in [3.05, 3.63) is 35.9 Å². The lowest BCUT2D eigenvalue weighted by Crippen LogP contribution is -2.46. The van der Waals surface area contributed by atoms with Crippen molar-refractivity contribution in [3.8, 4) is 6.07 Å². The van der Waals surface area contributed by atoms with Gasteiger partial charge >= 0.3 is 5.97 Å². The predicted octanol–water partition coefficient (Wildman–Crippen LogP) is 2.34. The van der Waals surface area contributed by atoms with Gasteiger partial charge in [0.25, 0.3) is 0 Å². The summed E-state index contributed by atoms with van der Waals surface area (Å²) in [6, 6.07) is 9.48. The van der Waals surface area contributed by atoms with E-state index in [9.17, 15) is 10.1 Å². The Kier molecular flexibility index (Phi) is 3.07. The van der Waals surface area contributed by atoms with Gasteiger partial charge < -0.3 is 10.1 Å². The van der Waals surface area contributed by atoms with E-state index in [4.69, 9.17) is 4.74 Å². The highest BCUT2D eigenvalue weighted by Crippen LogP contribution is 2.28. The van der Waals surface area contributed by atoms with Crippen LogP contribution in [0.5, 0.6) is 0 Å². The van der Waals surface area contributed by atoms with Gasteiger partial charge in [0, 0.05) is 5.69 Å². The van der Waals surface area contributed by atoms with Gasteiger partial charge in [-0.25, -0.2) is 4.79 Å². The fourth-order valence-electron chi connectivity index (χ4n) is 1.76. The first-order valence-electron chi connectivity index (χ1n) is 5.76. The van der Waals surface area contributed by atoms with Crippen LogP contribution < -0.4 is 5.32 Å². The molecule has 1 unspecified atom stereocenters. The van der Waals surface area contributed by atoms with Crippen LogP contribution in [0.25, 0.3) is 6.08 Å². The molecule has 0 aromatic heterocycles. The SMILES string of the molecule is CC(C)OC(=O)C1(C#N)C=Cc2ccccc2N1. The normalized spacial score (nSPS) is 20.8. The van der Waals surface area contributed by atoms with Gasteiger partial charge in [0.05, 0.1) is 6.10 Å². The molecule has 0 saturated carbocycles. The molecule has 1 aromatic rings. The molecule has 4 heteroatoms. The standard InChI is InChI=1S/C14H14N2O2/c1-10(2)18-13(17)14(9-15)8-7-11-5-3-4-6-12(11)16-14/h3-8,10,16H,1-2H3. The zero-order chi connectivity index (χ0) is 13.2. The number of ether oxygens (including phenoxy) is 1. The molecule has 18 heavy (non-hydrogen) atoms. The van der Waals surface area contributed by atoms with Crippen molar-refractivity contribution in [2.75, 3.05) is 5.32 Å². The molecule has 0 saturated heterocycles. The minimum absolute atomic E-state index is 0.255. The Morgan fingerprint density at radius 3 is 2.83 bits per heavy atom. The molecule has 92 valence electrons. The maximum absolute atomic E-state index is 12.0. The molecule has 1 aromatic carbocycles. The molecule has 1 atom stereocenters. The van der Waals surface area contributed by atoms with E-state index in [1.54, 1.807) is 26.0 Å². The lowest BCUT2D eigenvalue weighted by molar-refractivity contribution is -0.149. The highest BCUT2D eigenvalue weighted by atomic mass is 16.5. The Bertz CT molecular complexity index is 543. The summed E-state index contributed by atoms with van der Waals surface area (Å²) in [5.74, 6) is -0.578.